The molecule has 2 N–H and O–H groups in total. The van der Waals surface area contributed by atoms with E-state index in [1.165, 1.54) is 10.9 Å². The molecule has 1 amide bonds. The second kappa shape index (κ2) is 8.79. The highest BCUT2D eigenvalue weighted by Crippen LogP contribution is 2.19. The highest BCUT2D eigenvalue weighted by molar-refractivity contribution is 5.86. The predicted octanol–water partition coefficient (Wildman–Crippen LogP) is 2.60. The van der Waals surface area contributed by atoms with E-state index in [2.05, 4.69) is 10.3 Å². The zero-order chi connectivity index (χ0) is 20.1. The Morgan fingerprint density at radius 3 is 2.48 bits per heavy atom. The fraction of sp³-hybridized carbons (Fsp3) is 0.500. The molecule has 7 nitrogen and oxygen atoms in total. The van der Waals surface area contributed by atoms with E-state index in [1.807, 2.05) is 20.8 Å². The highest BCUT2D eigenvalue weighted by Gasteiger charge is 2.30. The molecule has 0 fully saturated rings. The number of fused-ring (bicyclic) bond motifs is 1. The van der Waals surface area contributed by atoms with Gasteiger partial charge in [0.15, 0.2) is 0 Å². The van der Waals surface area contributed by atoms with Gasteiger partial charge in [-0.15, -0.1) is 0 Å². The number of nitrogens with one attached hydrogen (secondary N) is 1. The van der Waals surface area contributed by atoms with Crippen LogP contribution in [0.3, 0.4) is 0 Å². The van der Waals surface area contributed by atoms with Crippen LogP contribution in [0.15, 0.2) is 35.4 Å². The van der Waals surface area contributed by atoms with Gasteiger partial charge in [-0.05, 0) is 30.4 Å². The number of aromatic nitrogens is 2. The predicted molar refractivity (Wildman–Crippen MR) is 104 cm³/mol. The molecular weight excluding hydrogens is 346 g/mol. The maximum atomic E-state index is 12.9. The molecule has 3 atom stereocenters. The summed E-state index contributed by atoms with van der Waals surface area (Å²) in [5, 5.41) is 12.5. The minimum Gasteiger partial charge on any atom is -0.480 e. The maximum absolute atomic E-state index is 12.9. The number of benzene rings is 1. The van der Waals surface area contributed by atoms with E-state index in [9.17, 15) is 19.5 Å². The first-order valence-electron chi connectivity index (χ1n) is 9.25. The van der Waals surface area contributed by atoms with Gasteiger partial charge in [0.1, 0.15) is 12.1 Å². The van der Waals surface area contributed by atoms with Crippen molar-refractivity contribution in [2.75, 3.05) is 0 Å². The standard InChI is InChI=1S/C20H27N3O4/c1-5-13(4)17(20(26)27)22-18(24)16(10-12(2)3)23-11-21-15-9-7-6-8-14(15)19(23)25/h6-9,11-13,16-17H,5,10H2,1-4H3,(H,22,24)(H,26,27)/t13-,16+,17+/m1/s1. The number of hydrogen-bond donors (Lipinski definition) is 2. The van der Waals surface area contributed by atoms with Gasteiger partial charge in [-0.3, -0.25) is 14.2 Å². The molecule has 2 rings (SSSR count). The molecule has 1 aromatic carbocycles. The van der Waals surface area contributed by atoms with Crippen molar-refractivity contribution < 1.29 is 14.7 Å². The summed E-state index contributed by atoms with van der Waals surface area (Å²) in [5.74, 6) is -1.65. The Morgan fingerprint density at radius 1 is 1.22 bits per heavy atom. The summed E-state index contributed by atoms with van der Waals surface area (Å²) in [7, 11) is 0. The summed E-state index contributed by atoms with van der Waals surface area (Å²) in [4.78, 5) is 41.7. The van der Waals surface area contributed by atoms with Gasteiger partial charge in [0.2, 0.25) is 5.91 Å². The first kappa shape index (κ1) is 20.6. The minimum atomic E-state index is -1.08. The van der Waals surface area contributed by atoms with E-state index < -0.39 is 24.0 Å². The molecular formula is C20H27N3O4. The molecule has 0 saturated heterocycles. The van der Waals surface area contributed by atoms with Gasteiger partial charge in [0.25, 0.3) is 5.56 Å². The normalized spacial score (nSPS) is 14.7. The number of carbonyl (C=O) groups excluding carboxylic acids is 1. The zero-order valence-corrected chi connectivity index (χ0v) is 16.2. The first-order chi connectivity index (χ1) is 12.8. The lowest BCUT2D eigenvalue weighted by Crippen LogP contribution is -2.48. The SMILES string of the molecule is CC[C@@H](C)[C@H](NC(=O)[C@H](CC(C)C)n1cnc2ccccc2c1=O)C(=O)O. The van der Waals surface area contributed by atoms with Gasteiger partial charge in [0, 0.05) is 0 Å². The second-order valence-corrected chi connectivity index (χ2v) is 7.33. The van der Waals surface area contributed by atoms with Crippen molar-refractivity contribution in [1.29, 1.82) is 0 Å². The van der Waals surface area contributed by atoms with Crippen LogP contribution in [-0.2, 0) is 9.59 Å². The zero-order valence-electron chi connectivity index (χ0n) is 16.2. The molecule has 0 aliphatic rings. The lowest BCUT2D eigenvalue weighted by atomic mass is 9.97. The summed E-state index contributed by atoms with van der Waals surface area (Å²) in [5.41, 5.74) is 0.252. The number of rotatable bonds is 8. The molecule has 2 aromatic rings. The molecule has 146 valence electrons. The van der Waals surface area contributed by atoms with Crippen LogP contribution in [-0.4, -0.2) is 32.6 Å². The Bertz CT molecular complexity index is 875. The maximum Gasteiger partial charge on any atom is 0.326 e. The number of carboxylic acid groups (broad SMARTS) is 1. The molecule has 0 bridgehead atoms. The van der Waals surface area contributed by atoms with Crippen LogP contribution >= 0.6 is 0 Å². The Balaban J connectivity index is 2.43. The number of hydrogen-bond acceptors (Lipinski definition) is 4. The number of para-hydroxylation sites is 1. The third kappa shape index (κ3) is 4.72. The van der Waals surface area contributed by atoms with Crippen LogP contribution in [0.25, 0.3) is 10.9 Å². The average molecular weight is 373 g/mol. The van der Waals surface area contributed by atoms with E-state index in [0.29, 0.717) is 23.7 Å². The molecule has 27 heavy (non-hydrogen) atoms. The molecule has 0 radical (unpaired) electrons. The molecule has 0 aliphatic carbocycles. The number of nitrogens with zero attached hydrogens (tertiary/aromatic N) is 2. The van der Waals surface area contributed by atoms with Crippen molar-refractivity contribution in [2.24, 2.45) is 11.8 Å². The summed E-state index contributed by atoms with van der Waals surface area (Å²) in [6.07, 6.45) is 2.39. The monoisotopic (exact) mass is 373 g/mol. The average Bonchev–Trinajstić information content (AvgIpc) is 2.64. The van der Waals surface area contributed by atoms with E-state index in [1.54, 1.807) is 31.2 Å². The van der Waals surface area contributed by atoms with Gasteiger partial charge in [-0.2, -0.15) is 0 Å². The van der Waals surface area contributed by atoms with E-state index >= 15 is 0 Å². The Hall–Kier alpha value is -2.70. The number of carbonyl (C=O) groups is 2. The van der Waals surface area contributed by atoms with E-state index in [4.69, 9.17) is 0 Å². The van der Waals surface area contributed by atoms with Gasteiger partial charge in [-0.1, -0.05) is 46.2 Å². The van der Waals surface area contributed by atoms with Gasteiger partial charge >= 0.3 is 5.97 Å². The quantitative estimate of drug-likeness (QED) is 0.741. The lowest BCUT2D eigenvalue weighted by molar-refractivity contribution is -0.144. The van der Waals surface area contributed by atoms with E-state index in [0.717, 1.165) is 0 Å². The van der Waals surface area contributed by atoms with Crippen molar-refractivity contribution in [3.05, 3.63) is 40.9 Å². The second-order valence-electron chi connectivity index (χ2n) is 7.33. The fourth-order valence-corrected chi connectivity index (χ4v) is 3.03. The smallest absolute Gasteiger partial charge is 0.326 e. The van der Waals surface area contributed by atoms with Crippen molar-refractivity contribution >= 4 is 22.8 Å². The molecule has 7 heteroatoms. The van der Waals surface area contributed by atoms with Crippen LogP contribution in [0.2, 0.25) is 0 Å². The molecule has 0 unspecified atom stereocenters. The lowest BCUT2D eigenvalue weighted by Gasteiger charge is -2.25. The van der Waals surface area contributed by atoms with Gasteiger partial charge in [-0.25, -0.2) is 9.78 Å². The number of carboxylic acids is 1. The largest absolute Gasteiger partial charge is 0.480 e. The summed E-state index contributed by atoms with van der Waals surface area (Å²) in [6, 6.07) is 5.13. The van der Waals surface area contributed by atoms with Crippen molar-refractivity contribution in [3.8, 4) is 0 Å². The summed E-state index contributed by atoms with van der Waals surface area (Å²) >= 11 is 0. The number of aliphatic carboxylic acids is 1. The molecule has 0 spiro atoms. The highest BCUT2D eigenvalue weighted by atomic mass is 16.4. The molecule has 0 aliphatic heterocycles. The van der Waals surface area contributed by atoms with Crippen molar-refractivity contribution in [2.45, 2.75) is 52.6 Å². The first-order valence-corrected chi connectivity index (χ1v) is 9.25. The third-order valence-electron chi connectivity index (χ3n) is 4.80. The van der Waals surface area contributed by atoms with Crippen molar-refractivity contribution in [1.82, 2.24) is 14.9 Å². The number of amides is 1. The van der Waals surface area contributed by atoms with Crippen LogP contribution in [0, 0.1) is 11.8 Å². The topological polar surface area (TPSA) is 101 Å². The molecule has 1 heterocycles. The van der Waals surface area contributed by atoms with Gasteiger partial charge in [0.05, 0.1) is 17.2 Å². The summed E-state index contributed by atoms with van der Waals surface area (Å²) < 4.78 is 1.31. The van der Waals surface area contributed by atoms with E-state index in [-0.39, 0.29) is 17.4 Å². The van der Waals surface area contributed by atoms with Crippen LogP contribution in [0.4, 0.5) is 0 Å². The molecule has 1 aromatic heterocycles. The van der Waals surface area contributed by atoms with Crippen LogP contribution in [0.5, 0.6) is 0 Å². The fourth-order valence-electron chi connectivity index (χ4n) is 3.03. The Kier molecular flexibility index (Phi) is 6.71. The van der Waals surface area contributed by atoms with Crippen molar-refractivity contribution in [3.63, 3.8) is 0 Å². The Labute approximate surface area is 158 Å². The molecule has 0 saturated carbocycles. The third-order valence-corrected chi connectivity index (χ3v) is 4.80. The van der Waals surface area contributed by atoms with Gasteiger partial charge < -0.3 is 10.4 Å². The Morgan fingerprint density at radius 2 is 1.89 bits per heavy atom. The minimum absolute atomic E-state index is 0.131. The summed E-state index contributed by atoms with van der Waals surface area (Å²) in [6.45, 7) is 7.54. The van der Waals surface area contributed by atoms with Crippen LogP contribution < -0.4 is 10.9 Å². The van der Waals surface area contributed by atoms with Crippen LogP contribution in [0.1, 0.15) is 46.6 Å².